The second kappa shape index (κ2) is 8.91. The van der Waals surface area contributed by atoms with Crippen molar-refractivity contribution >= 4 is 5.69 Å². The van der Waals surface area contributed by atoms with Gasteiger partial charge in [-0.3, -0.25) is 0 Å². The average molecular weight is 235 g/mol. The predicted molar refractivity (Wildman–Crippen MR) is 74.9 cm³/mol. The summed E-state index contributed by atoms with van der Waals surface area (Å²) in [5.41, 5.74) is 1.18. The quantitative estimate of drug-likeness (QED) is 0.638. The molecule has 0 unspecified atom stereocenters. The Hall–Kier alpha value is -1.18. The van der Waals surface area contributed by atoms with Crippen LogP contribution < -0.4 is 10.1 Å². The molecule has 0 atom stereocenters. The van der Waals surface area contributed by atoms with Crippen LogP contribution >= 0.6 is 0 Å². The zero-order chi connectivity index (χ0) is 12.3. The van der Waals surface area contributed by atoms with Crippen LogP contribution in [0.1, 0.15) is 45.4 Å². The van der Waals surface area contributed by atoms with Gasteiger partial charge in [0, 0.05) is 12.2 Å². The molecule has 1 aromatic carbocycles. The molecule has 1 aromatic rings. The van der Waals surface area contributed by atoms with Gasteiger partial charge < -0.3 is 10.1 Å². The van der Waals surface area contributed by atoms with Crippen LogP contribution in [0.25, 0.3) is 0 Å². The van der Waals surface area contributed by atoms with E-state index in [2.05, 4.69) is 24.4 Å². The van der Waals surface area contributed by atoms with E-state index in [1.807, 2.05) is 12.1 Å². The second-order valence-electron chi connectivity index (χ2n) is 4.42. The van der Waals surface area contributed by atoms with Crippen molar-refractivity contribution in [1.29, 1.82) is 0 Å². The highest BCUT2D eigenvalue weighted by atomic mass is 16.5. The Bertz CT molecular complexity index is 281. The molecule has 2 heteroatoms. The highest BCUT2D eigenvalue weighted by molar-refractivity contribution is 5.46. The summed E-state index contributed by atoms with van der Waals surface area (Å²) in [4.78, 5) is 0. The van der Waals surface area contributed by atoms with Crippen molar-refractivity contribution in [3.05, 3.63) is 24.3 Å². The Balaban J connectivity index is 2.05. The predicted octanol–water partition coefficient (Wildman–Crippen LogP) is 4.47. The van der Waals surface area contributed by atoms with Gasteiger partial charge in [-0.1, -0.05) is 39.0 Å². The number of anilines is 1. The zero-order valence-electron chi connectivity index (χ0n) is 11.2. The first-order valence-electron chi connectivity index (χ1n) is 6.74. The zero-order valence-corrected chi connectivity index (χ0v) is 11.2. The molecule has 1 rings (SSSR count). The molecule has 1 N–H and O–H groups in total. The summed E-state index contributed by atoms with van der Waals surface area (Å²) >= 11 is 0. The highest BCUT2D eigenvalue weighted by Gasteiger charge is 1.94. The van der Waals surface area contributed by atoms with Crippen LogP contribution in [0.3, 0.4) is 0 Å². The largest absolute Gasteiger partial charge is 0.497 e. The number of methoxy groups -OCH3 is 1. The lowest BCUT2D eigenvalue weighted by Crippen LogP contribution is -2.01. The van der Waals surface area contributed by atoms with E-state index >= 15 is 0 Å². The van der Waals surface area contributed by atoms with Gasteiger partial charge in [0.2, 0.25) is 0 Å². The molecule has 0 aliphatic carbocycles. The van der Waals surface area contributed by atoms with Gasteiger partial charge in [0.1, 0.15) is 5.75 Å². The van der Waals surface area contributed by atoms with Gasteiger partial charge in [0.05, 0.1) is 7.11 Å². The molecule has 0 aliphatic heterocycles. The third-order valence-corrected chi connectivity index (χ3v) is 2.95. The Morgan fingerprint density at radius 3 is 2.24 bits per heavy atom. The van der Waals surface area contributed by atoms with E-state index in [0.717, 1.165) is 12.3 Å². The van der Waals surface area contributed by atoms with E-state index in [1.54, 1.807) is 7.11 Å². The van der Waals surface area contributed by atoms with Crippen LogP contribution in [-0.4, -0.2) is 13.7 Å². The molecule has 0 spiro atoms. The molecule has 0 saturated carbocycles. The maximum atomic E-state index is 5.12. The summed E-state index contributed by atoms with van der Waals surface area (Å²) in [6, 6.07) is 8.11. The Labute approximate surface area is 105 Å². The number of benzene rings is 1. The van der Waals surface area contributed by atoms with Gasteiger partial charge in [-0.25, -0.2) is 0 Å². The molecule has 17 heavy (non-hydrogen) atoms. The molecule has 0 aromatic heterocycles. The van der Waals surface area contributed by atoms with E-state index in [4.69, 9.17) is 4.74 Å². The van der Waals surface area contributed by atoms with Crippen LogP contribution in [0, 0.1) is 0 Å². The molecule has 0 saturated heterocycles. The number of unbranched alkanes of at least 4 members (excludes halogenated alkanes) is 5. The topological polar surface area (TPSA) is 21.3 Å². The number of ether oxygens (including phenoxy) is 1. The van der Waals surface area contributed by atoms with Gasteiger partial charge in [0.25, 0.3) is 0 Å². The van der Waals surface area contributed by atoms with Crippen molar-refractivity contribution in [3.8, 4) is 5.75 Å². The van der Waals surface area contributed by atoms with E-state index in [0.29, 0.717) is 0 Å². The summed E-state index contributed by atoms with van der Waals surface area (Å²) in [7, 11) is 1.69. The fourth-order valence-electron chi connectivity index (χ4n) is 1.85. The first-order valence-corrected chi connectivity index (χ1v) is 6.74. The summed E-state index contributed by atoms with van der Waals surface area (Å²) in [5.74, 6) is 0.912. The molecule has 2 nitrogen and oxygen atoms in total. The van der Waals surface area contributed by atoms with Crippen LogP contribution in [0.4, 0.5) is 5.69 Å². The Morgan fingerprint density at radius 2 is 1.59 bits per heavy atom. The van der Waals surface area contributed by atoms with Gasteiger partial charge in [-0.15, -0.1) is 0 Å². The molecule has 96 valence electrons. The maximum Gasteiger partial charge on any atom is 0.119 e. The van der Waals surface area contributed by atoms with Gasteiger partial charge in [-0.05, 0) is 30.7 Å². The minimum absolute atomic E-state index is 0.912. The Morgan fingerprint density at radius 1 is 0.941 bits per heavy atom. The third kappa shape index (κ3) is 6.20. The first-order chi connectivity index (χ1) is 8.36. The maximum absolute atomic E-state index is 5.12. The van der Waals surface area contributed by atoms with E-state index in [1.165, 1.54) is 44.2 Å². The fourth-order valence-corrected chi connectivity index (χ4v) is 1.85. The van der Waals surface area contributed by atoms with Crippen molar-refractivity contribution in [1.82, 2.24) is 0 Å². The minimum Gasteiger partial charge on any atom is -0.497 e. The molecule has 0 fully saturated rings. The van der Waals surface area contributed by atoms with E-state index in [9.17, 15) is 0 Å². The van der Waals surface area contributed by atoms with Crippen molar-refractivity contribution in [2.75, 3.05) is 19.0 Å². The summed E-state index contributed by atoms with van der Waals surface area (Å²) < 4.78 is 5.12. The summed E-state index contributed by atoms with van der Waals surface area (Å²) in [6.45, 7) is 3.32. The lowest BCUT2D eigenvalue weighted by molar-refractivity contribution is 0.415. The van der Waals surface area contributed by atoms with Crippen molar-refractivity contribution in [2.45, 2.75) is 45.4 Å². The number of rotatable bonds is 9. The number of nitrogens with one attached hydrogen (secondary N) is 1. The van der Waals surface area contributed by atoms with Crippen LogP contribution in [0.5, 0.6) is 5.75 Å². The van der Waals surface area contributed by atoms with Crippen LogP contribution in [0.15, 0.2) is 24.3 Å². The van der Waals surface area contributed by atoms with Crippen LogP contribution in [-0.2, 0) is 0 Å². The normalized spacial score (nSPS) is 10.2. The van der Waals surface area contributed by atoms with Crippen LogP contribution in [0.2, 0.25) is 0 Å². The molecule has 0 heterocycles. The second-order valence-corrected chi connectivity index (χ2v) is 4.42. The third-order valence-electron chi connectivity index (χ3n) is 2.95. The fraction of sp³-hybridized carbons (Fsp3) is 0.600. The van der Waals surface area contributed by atoms with Crippen molar-refractivity contribution in [3.63, 3.8) is 0 Å². The lowest BCUT2D eigenvalue weighted by atomic mass is 10.1. The SMILES string of the molecule is CCCCCCCCNc1ccc(OC)cc1. The number of hydrogen-bond donors (Lipinski definition) is 1. The Kier molecular flexibility index (Phi) is 7.28. The molecular weight excluding hydrogens is 210 g/mol. The van der Waals surface area contributed by atoms with Crippen molar-refractivity contribution < 1.29 is 4.74 Å². The van der Waals surface area contributed by atoms with E-state index < -0.39 is 0 Å². The number of hydrogen-bond acceptors (Lipinski definition) is 2. The highest BCUT2D eigenvalue weighted by Crippen LogP contribution is 2.15. The van der Waals surface area contributed by atoms with E-state index in [-0.39, 0.29) is 0 Å². The average Bonchev–Trinajstić information content (AvgIpc) is 2.38. The summed E-state index contributed by atoms with van der Waals surface area (Å²) in [5, 5.41) is 3.43. The molecule has 0 aliphatic rings. The van der Waals surface area contributed by atoms with Gasteiger partial charge in [-0.2, -0.15) is 0 Å². The van der Waals surface area contributed by atoms with Crippen molar-refractivity contribution in [2.24, 2.45) is 0 Å². The molecule has 0 radical (unpaired) electrons. The standard InChI is InChI=1S/C15H25NO/c1-3-4-5-6-7-8-13-16-14-9-11-15(17-2)12-10-14/h9-12,16H,3-8,13H2,1-2H3. The molecule has 0 amide bonds. The first kappa shape index (κ1) is 13.9. The smallest absolute Gasteiger partial charge is 0.119 e. The minimum atomic E-state index is 0.912. The molecular formula is C15H25NO. The van der Waals surface area contributed by atoms with Gasteiger partial charge in [0.15, 0.2) is 0 Å². The van der Waals surface area contributed by atoms with Gasteiger partial charge >= 0.3 is 0 Å². The monoisotopic (exact) mass is 235 g/mol. The molecule has 0 bridgehead atoms. The lowest BCUT2D eigenvalue weighted by Gasteiger charge is -2.07. The summed E-state index contributed by atoms with van der Waals surface area (Å²) in [6.07, 6.45) is 8.06.